The van der Waals surface area contributed by atoms with Crippen LogP contribution in [0.2, 0.25) is 0 Å². The van der Waals surface area contributed by atoms with Crippen molar-refractivity contribution in [1.82, 2.24) is 5.32 Å². The maximum atomic E-state index is 10.8. The first-order valence-electron chi connectivity index (χ1n) is 7.76. The molecule has 0 aromatic heterocycles. The number of hydrogen-bond acceptors (Lipinski definition) is 3. The Bertz CT molecular complexity index is 698. The molecule has 5 heteroatoms. The van der Waals surface area contributed by atoms with Gasteiger partial charge in [0.25, 0.3) is 0 Å². The molecule has 0 saturated carbocycles. The highest BCUT2D eigenvalue weighted by molar-refractivity contribution is 5.87. The Morgan fingerprint density at radius 3 is 2.78 bits per heavy atom. The summed E-state index contributed by atoms with van der Waals surface area (Å²) < 4.78 is 5.53. The van der Waals surface area contributed by atoms with Gasteiger partial charge in [-0.2, -0.15) is 0 Å². The van der Waals surface area contributed by atoms with Gasteiger partial charge in [0.1, 0.15) is 5.75 Å². The number of urea groups is 1. The summed E-state index contributed by atoms with van der Waals surface area (Å²) in [5.41, 5.74) is 9.51. The molecule has 2 aromatic rings. The maximum absolute atomic E-state index is 10.8. The van der Waals surface area contributed by atoms with Crippen LogP contribution >= 0.6 is 0 Å². The lowest BCUT2D eigenvalue weighted by atomic mass is 10.1. The molecule has 0 aliphatic carbocycles. The minimum Gasteiger partial charge on any atom is -0.493 e. The Kier molecular flexibility index (Phi) is 4.48. The average molecular weight is 311 g/mol. The number of anilines is 1. The Morgan fingerprint density at radius 2 is 2.04 bits per heavy atom. The van der Waals surface area contributed by atoms with Crippen LogP contribution in [0.3, 0.4) is 0 Å². The molecule has 0 saturated heterocycles. The first-order valence-corrected chi connectivity index (χ1v) is 7.76. The van der Waals surface area contributed by atoms with Crippen LogP contribution in [0, 0.1) is 0 Å². The number of hydrogen-bond donors (Lipinski definition) is 3. The number of amides is 2. The predicted molar refractivity (Wildman–Crippen MR) is 90.5 cm³/mol. The Labute approximate surface area is 135 Å². The van der Waals surface area contributed by atoms with Gasteiger partial charge < -0.3 is 21.1 Å². The topological polar surface area (TPSA) is 76.4 Å². The molecule has 23 heavy (non-hydrogen) atoms. The number of nitrogens with one attached hydrogen (secondary N) is 2. The van der Waals surface area contributed by atoms with E-state index in [0.717, 1.165) is 30.9 Å². The van der Waals surface area contributed by atoms with E-state index in [1.807, 2.05) is 30.3 Å². The van der Waals surface area contributed by atoms with Gasteiger partial charge in [-0.15, -0.1) is 0 Å². The standard InChI is InChI=1S/C18H21N3O2/c1-12(14-3-5-16(6-4-14)21-18(19)22)20-11-13-2-7-17-15(10-13)8-9-23-17/h2-7,10,12,20H,8-9,11H2,1H3,(H3,19,21,22). The second kappa shape index (κ2) is 6.71. The lowest BCUT2D eigenvalue weighted by Crippen LogP contribution is -2.20. The highest BCUT2D eigenvalue weighted by Gasteiger charge is 2.12. The molecule has 1 aliphatic heterocycles. The Balaban J connectivity index is 1.58. The van der Waals surface area contributed by atoms with Crippen LogP contribution in [0.25, 0.3) is 0 Å². The van der Waals surface area contributed by atoms with Crippen molar-refractivity contribution in [3.63, 3.8) is 0 Å². The van der Waals surface area contributed by atoms with Crippen molar-refractivity contribution in [2.75, 3.05) is 11.9 Å². The largest absolute Gasteiger partial charge is 0.493 e. The molecule has 0 radical (unpaired) electrons. The van der Waals surface area contributed by atoms with E-state index in [9.17, 15) is 4.79 Å². The van der Waals surface area contributed by atoms with Gasteiger partial charge in [-0.1, -0.05) is 24.3 Å². The van der Waals surface area contributed by atoms with Crippen LogP contribution in [-0.4, -0.2) is 12.6 Å². The van der Waals surface area contributed by atoms with Crippen molar-refractivity contribution >= 4 is 11.7 Å². The molecule has 1 atom stereocenters. The summed E-state index contributed by atoms with van der Waals surface area (Å²) >= 11 is 0. The molecule has 0 spiro atoms. The number of benzene rings is 2. The summed E-state index contributed by atoms with van der Waals surface area (Å²) in [5, 5.41) is 6.07. The molecule has 1 heterocycles. The number of primary amides is 1. The zero-order chi connectivity index (χ0) is 16.2. The zero-order valence-electron chi connectivity index (χ0n) is 13.1. The fraction of sp³-hybridized carbons (Fsp3) is 0.278. The minimum atomic E-state index is -0.551. The fourth-order valence-corrected chi connectivity index (χ4v) is 2.74. The van der Waals surface area contributed by atoms with Crippen LogP contribution < -0.4 is 21.1 Å². The second-order valence-corrected chi connectivity index (χ2v) is 5.75. The van der Waals surface area contributed by atoms with Gasteiger partial charge in [0.05, 0.1) is 6.61 Å². The second-order valence-electron chi connectivity index (χ2n) is 5.75. The van der Waals surface area contributed by atoms with Crippen LogP contribution in [0.1, 0.15) is 29.7 Å². The minimum absolute atomic E-state index is 0.210. The van der Waals surface area contributed by atoms with Gasteiger partial charge in [-0.3, -0.25) is 0 Å². The molecule has 120 valence electrons. The van der Waals surface area contributed by atoms with Gasteiger partial charge in [-0.25, -0.2) is 4.79 Å². The zero-order valence-corrected chi connectivity index (χ0v) is 13.1. The smallest absolute Gasteiger partial charge is 0.316 e. The van der Waals surface area contributed by atoms with E-state index in [1.54, 1.807) is 0 Å². The third-order valence-electron chi connectivity index (χ3n) is 4.04. The van der Waals surface area contributed by atoms with Crippen molar-refractivity contribution in [3.05, 3.63) is 59.2 Å². The van der Waals surface area contributed by atoms with Crippen LogP contribution in [0.4, 0.5) is 10.5 Å². The molecule has 0 fully saturated rings. The molecule has 5 nitrogen and oxygen atoms in total. The number of carbonyl (C=O) groups excluding carboxylic acids is 1. The van der Waals surface area contributed by atoms with E-state index < -0.39 is 6.03 Å². The maximum Gasteiger partial charge on any atom is 0.316 e. The molecule has 3 rings (SSSR count). The van der Waals surface area contributed by atoms with Crippen molar-refractivity contribution in [1.29, 1.82) is 0 Å². The van der Waals surface area contributed by atoms with Crippen LogP contribution in [0.5, 0.6) is 5.75 Å². The quantitative estimate of drug-likeness (QED) is 0.794. The molecular formula is C18H21N3O2. The molecule has 0 bridgehead atoms. The van der Waals surface area contributed by atoms with E-state index in [-0.39, 0.29) is 6.04 Å². The molecule has 2 aromatic carbocycles. The Morgan fingerprint density at radius 1 is 1.26 bits per heavy atom. The van der Waals surface area contributed by atoms with Gasteiger partial charge >= 0.3 is 6.03 Å². The lowest BCUT2D eigenvalue weighted by molar-refractivity contribution is 0.259. The lowest BCUT2D eigenvalue weighted by Gasteiger charge is -2.15. The SMILES string of the molecule is CC(NCc1ccc2c(c1)CCO2)c1ccc(NC(N)=O)cc1. The predicted octanol–water partition coefficient (Wildman–Crippen LogP) is 2.96. The number of rotatable bonds is 5. The van der Waals surface area contributed by atoms with Crippen LogP contribution in [-0.2, 0) is 13.0 Å². The first-order chi connectivity index (χ1) is 11.1. The van der Waals surface area contributed by atoms with Gasteiger partial charge in [0, 0.05) is 24.7 Å². The molecule has 2 amide bonds. The van der Waals surface area contributed by atoms with E-state index >= 15 is 0 Å². The van der Waals surface area contributed by atoms with E-state index in [2.05, 4.69) is 29.7 Å². The highest BCUT2D eigenvalue weighted by Crippen LogP contribution is 2.26. The number of fused-ring (bicyclic) bond motifs is 1. The monoisotopic (exact) mass is 311 g/mol. The van der Waals surface area contributed by atoms with Crippen molar-refractivity contribution in [3.8, 4) is 5.75 Å². The fourth-order valence-electron chi connectivity index (χ4n) is 2.74. The normalized spacial score (nSPS) is 14.0. The van der Waals surface area contributed by atoms with Gasteiger partial charge in [-0.05, 0) is 41.8 Å². The highest BCUT2D eigenvalue weighted by atomic mass is 16.5. The molecular weight excluding hydrogens is 290 g/mol. The van der Waals surface area contributed by atoms with E-state index in [4.69, 9.17) is 10.5 Å². The van der Waals surface area contributed by atoms with E-state index in [0.29, 0.717) is 5.69 Å². The van der Waals surface area contributed by atoms with Crippen molar-refractivity contribution < 1.29 is 9.53 Å². The summed E-state index contributed by atoms with van der Waals surface area (Å²) in [4.78, 5) is 10.8. The average Bonchev–Trinajstić information content (AvgIpc) is 3.00. The summed E-state index contributed by atoms with van der Waals surface area (Å²) in [5.74, 6) is 1.01. The number of carbonyl (C=O) groups is 1. The number of nitrogens with two attached hydrogens (primary N) is 1. The Hall–Kier alpha value is -2.53. The van der Waals surface area contributed by atoms with Crippen molar-refractivity contribution in [2.45, 2.75) is 25.9 Å². The third-order valence-corrected chi connectivity index (χ3v) is 4.04. The summed E-state index contributed by atoms with van der Waals surface area (Å²) in [7, 11) is 0. The van der Waals surface area contributed by atoms with Crippen LogP contribution in [0.15, 0.2) is 42.5 Å². The van der Waals surface area contributed by atoms with Gasteiger partial charge in [0.2, 0.25) is 0 Å². The number of ether oxygens (including phenoxy) is 1. The molecule has 4 N–H and O–H groups in total. The molecule has 1 unspecified atom stereocenters. The summed E-state index contributed by atoms with van der Waals surface area (Å²) in [6, 6.07) is 13.7. The molecule has 1 aliphatic rings. The third kappa shape index (κ3) is 3.81. The summed E-state index contributed by atoms with van der Waals surface area (Å²) in [6.45, 7) is 3.71. The summed E-state index contributed by atoms with van der Waals surface area (Å²) in [6.07, 6.45) is 0.993. The first kappa shape index (κ1) is 15.4. The van der Waals surface area contributed by atoms with Gasteiger partial charge in [0.15, 0.2) is 0 Å². The van der Waals surface area contributed by atoms with E-state index in [1.165, 1.54) is 11.1 Å². The van der Waals surface area contributed by atoms with Crippen molar-refractivity contribution in [2.24, 2.45) is 5.73 Å².